The average molecular weight is 293 g/mol. The van der Waals surface area contributed by atoms with Crippen LogP contribution in [0.3, 0.4) is 0 Å². The fourth-order valence-corrected chi connectivity index (χ4v) is 2.45. The fourth-order valence-electron chi connectivity index (χ4n) is 2.24. The molecule has 0 saturated carbocycles. The molecule has 4 heteroatoms. The van der Waals surface area contributed by atoms with Crippen LogP contribution in [0, 0.1) is 19.7 Å². The van der Waals surface area contributed by atoms with Crippen LogP contribution in [-0.4, -0.2) is 12.9 Å². The molecule has 0 aliphatic carbocycles. The van der Waals surface area contributed by atoms with Crippen molar-refractivity contribution < 1.29 is 13.9 Å². The summed E-state index contributed by atoms with van der Waals surface area (Å²) in [5.74, 6) is -0.158. The molecule has 0 aliphatic heterocycles. The molecular weight excluding hydrogens is 279 g/mol. The first-order valence-corrected chi connectivity index (χ1v) is 6.47. The van der Waals surface area contributed by atoms with E-state index in [-0.39, 0.29) is 16.4 Å². The molecule has 0 spiro atoms. The van der Waals surface area contributed by atoms with Crippen molar-refractivity contribution in [2.75, 3.05) is 7.11 Å². The Morgan fingerprint density at radius 3 is 2.35 bits per heavy atom. The Hall–Kier alpha value is -1.87. The first-order chi connectivity index (χ1) is 9.45. The Labute approximate surface area is 122 Å². The highest BCUT2D eigenvalue weighted by molar-refractivity contribution is 6.35. The summed E-state index contributed by atoms with van der Waals surface area (Å²) in [6, 6.07) is 7.65. The second kappa shape index (κ2) is 5.63. The van der Waals surface area contributed by atoms with Crippen molar-refractivity contribution in [3.63, 3.8) is 0 Å². The smallest absolute Gasteiger partial charge is 0.194 e. The molecule has 0 saturated heterocycles. The van der Waals surface area contributed by atoms with E-state index in [1.54, 1.807) is 19.2 Å². The number of carbonyl (C=O) groups excluding carboxylic acids is 1. The summed E-state index contributed by atoms with van der Waals surface area (Å²) in [7, 11) is 1.58. The summed E-state index contributed by atoms with van der Waals surface area (Å²) in [4.78, 5) is 12.4. The standard InChI is InChI=1S/C16H14ClFO2/c1-9-7-11(8-10(2)16(9)20-3)15(19)12-5-4-6-13(18)14(12)17/h4-8H,1-3H3. The molecule has 0 unspecified atom stereocenters. The number of benzene rings is 2. The third-order valence-corrected chi connectivity index (χ3v) is 3.51. The molecule has 2 aromatic carbocycles. The highest BCUT2D eigenvalue weighted by Gasteiger charge is 2.17. The van der Waals surface area contributed by atoms with Crippen LogP contribution in [0.1, 0.15) is 27.0 Å². The van der Waals surface area contributed by atoms with Gasteiger partial charge in [0.05, 0.1) is 12.1 Å². The molecule has 0 atom stereocenters. The van der Waals surface area contributed by atoms with Gasteiger partial charge in [0.1, 0.15) is 11.6 Å². The Balaban J connectivity index is 2.52. The van der Waals surface area contributed by atoms with Crippen LogP contribution >= 0.6 is 11.6 Å². The van der Waals surface area contributed by atoms with Gasteiger partial charge in [0.25, 0.3) is 0 Å². The minimum atomic E-state index is -0.598. The average Bonchev–Trinajstić information content (AvgIpc) is 2.41. The number of carbonyl (C=O) groups is 1. The lowest BCUT2D eigenvalue weighted by atomic mass is 9.98. The molecule has 0 aliphatic rings. The molecule has 2 nitrogen and oxygen atoms in total. The second-order valence-corrected chi connectivity index (χ2v) is 4.95. The van der Waals surface area contributed by atoms with Crippen LogP contribution in [0.15, 0.2) is 30.3 Å². The lowest BCUT2D eigenvalue weighted by molar-refractivity contribution is 0.103. The lowest BCUT2D eigenvalue weighted by Gasteiger charge is -2.11. The molecule has 0 N–H and O–H groups in total. The lowest BCUT2D eigenvalue weighted by Crippen LogP contribution is -2.05. The van der Waals surface area contributed by atoms with E-state index >= 15 is 0 Å². The molecule has 2 aromatic rings. The van der Waals surface area contributed by atoms with Crippen LogP contribution < -0.4 is 4.74 Å². The van der Waals surface area contributed by atoms with Gasteiger partial charge in [0.15, 0.2) is 5.78 Å². The molecular formula is C16H14ClFO2. The highest BCUT2D eigenvalue weighted by atomic mass is 35.5. The van der Waals surface area contributed by atoms with Crippen molar-refractivity contribution in [1.82, 2.24) is 0 Å². The Morgan fingerprint density at radius 1 is 1.20 bits per heavy atom. The number of hydrogen-bond acceptors (Lipinski definition) is 2. The van der Waals surface area contributed by atoms with Crippen LogP contribution in [0.4, 0.5) is 4.39 Å². The van der Waals surface area contributed by atoms with E-state index in [1.807, 2.05) is 13.8 Å². The van der Waals surface area contributed by atoms with Gasteiger partial charge in [-0.15, -0.1) is 0 Å². The van der Waals surface area contributed by atoms with Crippen molar-refractivity contribution >= 4 is 17.4 Å². The number of ketones is 1. The van der Waals surface area contributed by atoms with Crippen molar-refractivity contribution in [2.45, 2.75) is 13.8 Å². The summed E-state index contributed by atoms with van der Waals surface area (Å²) in [5, 5.41) is -0.149. The zero-order valence-electron chi connectivity index (χ0n) is 11.5. The van der Waals surface area contributed by atoms with Crippen molar-refractivity contribution in [1.29, 1.82) is 0 Å². The summed E-state index contributed by atoms with van der Waals surface area (Å²) in [6.45, 7) is 3.71. The van der Waals surface area contributed by atoms with Gasteiger partial charge < -0.3 is 4.74 Å². The fraction of sp³-hybridized carbons (Fsp3) is 0.188. The molecule has 0 heterocycles. The Morgan fingerprint density at radius 2 is 1.80 bits per heavy atom. The van der Waals surface area contributed by atoms with Gasteiger partial charge >= 0.3 is 0 Å². The molecule has 0 bridgehead atoms. The largest absolute Gasteiger partial charge is 0.496 e. The van der Waals surface area contributed by atoms with Crippen LogP contribution in [-0.2, 0) is 0 Å². The van der Waals surface area contributed by atoms with E-state index in [4.69, 9.17) is 16.3 Å². The molecule has 2 rings (SSSR count). The number of rotatable bonds is 3. The molecule has 0 amide bonds. The van der Waals surface area contributed by atoms with Crippen molar-refractivity contribution in [3.8, 4) is 5.75 Å². The first-order valence-electron chi connectivity index (χ1n) is 6.09. The van der Waals surface area contributed by atoms with E-state index in [0.29, 0.717) is 5.56 Å². The van der Waals surface area contributed by atoms with Crippen LogP contribution in [0.25, 0.3) is 0 Å². The Kier molecular flexibility index (Phi) is 4.09. The van der Waals surface area contributed by atoms with E-state index in [2.05, 4.69) is 0 Å². The van der Waals surface area contributed by atoms with E-state index in [1.165, 1.54) is 18.2 Å². The maximum Gasteiger partial charge on any atom is 0.194 e. The van der Waals surface area contributed by atoms with Gasteiger partial charge in [-0.1, -0.05) is 17.7 Å². The Bertz CT molecular complexity index is 657. The SMILES string of the molecule is COc1c(C)cc(C(=O)c2cccc(F)c2Cl)cc1C. The van der Waals surface area contributed by atoms with Crippen LogP contribution in [0.2, 0.25) is 5.02 Å². The van der Waals surface area contributed by atoms with Crippen LogP contribution in [0.5, 0.6) is 5.75 Å². The maximum atomic E-state index is 13.4. The van der Waals surface area contributed by atoms with Gasteiger partial charge in [-0.05, 0) is 49.2 Å². The molecule has 104 valence electrons. The topological polar surface area (TPSA) is 26.3 Å². The molecule has 0 fully saturated rings. The van der Waals surface area contributed by atoms with Crippen molar-refractivity contribution in [3.05, 3.63) is 63.4 Å². The summed E-state index contributed by atoms with van der Waals surface area (Å²) in [6.07, 6.45) is 0. The summed E-state index contributed by atoms with van der Waals surface area (Å²) in [5.41, 5.74) is 2.33. The van der Waals surface area contributed by atoms with Gasteiger partial charge in [-0.25, -0.2) is 4.39 Å². The predicted molar refractivity (Wildman–Crippen MR) is 77.3 cm³/mol. The number of ether oxygens (including phenoxy) is 1. The summed E-state index contributed by atoms with van der Waals surface area (Å²) < 4.78 is 18.7. The maximum absolute atomic E-state index is 13.4. The van der Waals surface area contributed by atoms with E-state index in [9.17, 15) is 9.18 Å². The number of methoxy groups -OCH3 is 1. The van der Waals surface area contributed by atoms with Gasteiger partial charge in [0, 0.05) is 11.1 Å². The van der Waals surface area contributed by atoms with E-state index in [0.717, 1.165) is 16.9 Å². The molecule has 0 radical (unpaired) electrons. The third-order valence-electron chi connectivity index (χ3n) is 3.12. The molecule has 20 heavy (non-hydrogen) atoms. The number of hydrogen-bond donors (Lipinski definition) is 0. The van der Waals surface area contributed by atoms with E-state index < -0.39 is 5.82 Å². The number of halogens is 2. The highest BCUT2D eigenvalue weighted by Crippen LogP contribution is 2.27. The monoisotopic (exact) mass is 292 g/mol. The minimum absolute atomic E-state index is 0.149. The minimum Gasteiger partial charge on any atom is -0.496 e. The predicted octanol–water partition coefficient (Wildman–Crippen LogP) is 4.34. The second-order valence-electron chi connectivity index (χ2n) is 4.57. The summed E-state index contributed by atoms with van der Waals surface area (Å²) >= 11 is 5.86. The van der Waals surface area contributed by atoms with Gasteiger partial charge in [-0.3, -0.25) is 4.79 Å². The zero-order chi connectivity index (χ0) is 14.9. The zero-order valence-corrected chi connectivity index (χ0v) is 12.2. The van der Waals surface area contributed by atoms with Gasteiger partial charge in [0.2, 0.25) is 0 Å². The number of aryl methyl sites for hydroxylation is 2. The van der Waals surface area contributed by atoms with Gasteiger partial charge in [-0.2, -0.15) is 0 Å². The molecule has 0 aromatic heterocycles. The third kappa shape index (κ3) is 2.54. The first kappa shape index (κ1) is 14.5. The normalized spacial score (nSPS) is 10.4. The van der Waals surface area contributed by atoms with Crippen molar-refractivity contribution in [2.24, 2.45) is 0 Å². The quantitative estimate of drug-likeness (QED) is 0.787.